The predicted molar refractivity (Wildman–Crippen MR) is 88.2 cm³/mol. The second-order valence-corrected chi connectivity index (χ2v) is 6.63. The van der Waals surface area contributed by atoms with E-state index in [2.05, 4.69) is 10.4 Å². The molecule has 1 unspecified atom stereocenters. The number of likely N-dealkylation sites (N-methyl/N-ethyl adjacent to an activating group) is 1. The number of hydrogen-bond acceptors (Lipinski definition) is 4. The molecule has 1 aliphatic rings. The lowest BCUT2D eigenvalue weighted by molar-refractivity contribution is -0.143. The molecule has 0 aromatic carbocycles. The molecule has 1 atom stereocenters. The highest BCUT2D eigenvalue weighted by Crippen LogP contribution is 2.28. The van der Waals surface area contributed by atoms with Crippen molar-refractivity contribution in [2.75, 3.05) is 26.7 Å². The van der Waals surface area contributed by atoms with Crippen LogP contribution in [0.5, 0.6) is 0 Å². The normalized spacial score (nSPS) is 19.1. The number of halogens is 3. The summed E-state index contributed by atoms with van der Waals surface area (Å²) in [6.45, 7) is 6.26. The van der Waals surface area contributed by atoms with Crippen molar-refractivity contribution in [2.24, 2.45) is 0 Å². The van der Waals surface area contributed by atoms with Gasteiger partial charge >= 0.3 is 6.18 Å². The van der Waals surface area contributed by atoms with Crippen LogP contribution in [0, 0.1) is 6.92 Å². The largest absolute Gasteiger partial charge is 0.435 e. The number of rotatable bonds is 4. The van der Waals surface area contributed by atoms with Gasteiger partial charge in [-0.05, 0) is 26.8 Å². The molecule has 10 heteroatoms. The Kier molecular flexibility index (Phi) is 5.94. The Morgan fingerprint density at radius 2 is 2.00 bits per heavy atom. The van der Waals surface area contributed by atoms with Crippen LogP contribution in [0.15, 0.2) is 6.07 Å². The molecule has 1 aromatic heterocycles. The highest BCUT2D eigenvalue weighted by molar-refractivity contribution is 5.83. The smallest absolute Gasteiger partial charge is 0.358 e. The molecule has 7 nitrogen and oxygen atoms in total. The Balaban J connectivity index is 2.11. The zero-order valence-corrected chi connectivity index (χ0v) is 15.3. The fraction of sp³-hybridized carbons (Fsp3) is 0.688. The van der Waals surface area contributed by atoms with Crippen LogP contribution in [0.2, 0.25) is 0 Å². The molecular weight excluding hydrogens is 351 g/mol. The molecule has 146 valence electrons. The highest BCUT2D eigenvalue weighted by Gasteiger charge is 2.36. The van der Waals surface area contributed by atoms with Gasteiger partial charge in [0.1, 0.15) is 12.6 Å². The Hall–Kier alpha value is -2.10. The van der Waals surface area contributed by atoms with Crippen LogP contribution >= 0.6 is 0 Å². The van der Waals surface area contributed by atoms with Gasteiger partial charge in [0.25, 0.3) is 0 Å². The van der Waals surface area contributed by atoms with E-state index in [9.17, 15) is 22.8 Å². The summed E-state index contributed by atoms with van der Waals surface area (Å²) in [5.41, 5.74) is -0.759. The number of alkyl halides is 3. The summed E-state index contributed by atoms with van der Waals surface area (Å²) in [5, 5.41) is 6.08. The predicted octanol–water partition coefficient (Wildman–Crippen LogP) is 0.878. The third-order valence-electron chi connectivity index (χ3n) is 4.54. The van der Waals surface area contributed by atoms with Gasteiger partial charge < -0.3 is 10.2 Å². The second kappa shape index (κ2) is 7.65. The molecule has 1 N–H and O–H groups in total. The summed E-state index contributed by atoms with van der Waals surface area (Å²) in [6.07, 6.45) is -4.55. The summed E-state index contributed by atoms with van der Waals surface area (Å²) in [6, 6.07) is 0.566. The number of carbonyl (C=O) groups is 2. The van der Waals surface area contributed by atoms with E-state index in [4.69, 9.17) is 0 Å². The molecule has 0 radical (unpaired) electrons. The van der Waals surface area contributed by atoms with Crippen molar-refractivity contribution in [3.05, 3.63) is 17.5 Å². The third-order valence-corrected chi connectivity index (χ3v) is 4.54. The molecule has 0 bridgehead atoms. The topological polar surface area (TPSA) is 70.5 Å². The van der Waals surface area contributed by atoms with E-state index >= 15 is 0 Å². The minimum absolute atomic E-state index is 0.136. The summed E-state index contributed by atoms with van der Waals surface area (Å²) in [7, 11) is 1.54. The Labute approximate surface area is 150 Å². The summed E-state index contributed by atoms with van der Waals surface area (Å²) < 4.78 is 39.3. The summed E-state index contributed by atoms with van der Waals surface area (Å²) in [4.78, 5) is 28.2. The van der Waals surface area contributed by atoms with Crippen molar-refractivity contribution in [1.29, 1.82) is 0 Å². The zero-order chi connectivity index (χ0) is 19.6. The molecule has 1 aromatic rings. The number of nitrogens with one attached hydrogen (secondary N) is 1. The monoisotopic (exact) mass is 375 g/mol. The van der Waals surface area contributed by atoms with E-state index in [0.717, 1.165) is 10.7 Å². The van der Waals surface area contributed by atoms with Crippen LogP contribution in [0.1, 0.15) is 25.2 Å². The molecule has 2 amide bonds. The summed E-state index contributed by atoms with van der Waals surface area (Å²) in [5.74, 6) is -0.548. The molecular formula is C16H24F3N5O2. The number of nitrogens with zero attached hydrogens (tertiary/aromatic N) is 4. The Bertz CT molecular complexity index is 671. The molecule has 0 aliphatic carbocycles. The quantitative estimate of drug-likeness (QED) is 0.848. The maximum Gasteiger partial charge on any atom is 0.435 e. The standard InChI is InChI=1S/C16H24F3N5O2/c1-10(2)23-6-5-22(8-12(23)15(26)20-4)14(25)9-24-11(3)7-13(21-24)16(17,18)19/h7,10,12H,5-6,8-9H2,1-4H3,(H,20,26). The number of aryl methyl sites for hydroxylation is 1. The highest BCUT2D eigenvalue weighted by atomic mass is 19.4. The fourth-order valence-corrected chi connectivity index (χ4v) is 3.08. The van der Waals surface area contributed by atoms with Gasteiger partial charge in [0.2, 0.25) is 11.8 Å². The fourth-order valence-electron chi connectivity index (χ4n) is 3.08. The Morgan fingerprint density at radius 1 is 1.35 bits per heavy atom. The van der Waals surface area contributed by atoms with Crippen LogP contribution in [-0.2, 0) is 22.3 Å². The molecule has 26 heavy (non-hydrogen) atoms. The third kappa shape index (κ3) is 4.35. The van der Waals surface area contributed by atoms with Crippen molar-refractivity contribution in [1.82, 2.24) is 24.9 Å². The molecule has 1 fully saturated rings. The minimum atomic E-state index is -4.55. The molecule has 1 saturated heterocycles. The molecule has 1 aliphatic heterocycles. The number of piperazine rings is 1. The van der Waals surface area contributed by atoms with Gasteiger partial charge in [-0.1, -0.05) is 0 Å². The summed E-state index contributed by atoms with van der Waals surface area (Å²) >= 11 is 0. The molecule has 2 heterocycles. The van der Waals surface area contributed by atoms with Crippen molar-refractivity contribution in [3.63, 3.8) is 0 Å². The average Bonchev–Trinajstić information content (AvgIpc) is 2.94. The van der Waals surface area contributed by atoms with Gasteiger partial charge in [0, 0.05) is 38.4 Å². The number of carbonyl (C=O) groups excluding carboxylic acids is 2. The van der Waals surface area contributed by atoms with E-state index in [1.54, 1.807) is 0 Å². The number of hydrogen-bond donors (Lipinski definition) is 1. The van der Waals surface area contributed by atoms with Gasteiger partial charge in [-0.2, -0.15) is 18.3 Å². The van der Waals surface area contributed by atoms with Crippen molar-refractivity contribution >= 4 is 11.8 Å². The van der Waals surface area contributed by atoms with Gasteiger partial charge in [-0.25, -0.2) is 0 Å². The van der Waals surface area contributed by atoms with Crippen LogP contribution in [-0.4, -0.2) is 70.2 Å². The first-order chi connectivity index (χ1) is 12.0. The lowest BCUT2D eigenvalue weighted by Crippen LogP contribution is -2.61. The average molecular weight is 375 g/mol. The van der Waals surface area contributed by atoms with Crippen LogP contribution in [0.25, 0.3) is 0 Å². The van der Waals surface area contributed by atoms with Crippen molar-refractivity contribution < 1.29 is 22.8 Å². The maximum absolute atomic E-state index is 12.7. The van der Waals surface area contributed by atoms with E-state index in [1.165, 1.54) is 18.9 Å². The first-order valence-electron chi connectivity index (χ1n) is 8.41. The number of aromatic nitrogens is 2. The van der Waals surface area contributed by atoms with E-state index in [1.807, 2.05) is 18.7 Å². The van der Waals surface area contributed by atoms with Gasteiger partial charge in [0.15, 0.2) is 5.69 Å². The van der Waals surface area contributed by atoms with Crippen LogP contribution in [0.3, 0.4) is 0 Å². The van der Waals surface area contributed by atoms with Crippen molar-refractivity contribution in [2.45, 2.75) is 45.6 Å². The Morgan fingerprint density at radius 3 is 2.50 bits per heavy atom. The lowest BCUT2D eigenvalue weighted by atomic mass is 10.1. The zero-order valence-electron chi connectivity index (χ0n) is 15.3. The van der Waals surface area contributed by atoms with Crippen LogP contribution < -0.4 is 5.32 Å². The molecule has 0 spiro atoms. The SMILES string of the molecule is CNC(=O)C1CN(C(=O)Cn2nc(C(F)(F)F)cc2C)CCN1C(C)C. The van der Waals surface area contributed by atoms with E-state index < -0.39 is 17.9 Å². The van der Waals surface area contributed by atoms with Gasteiger partial charge in [-0.3, -0.25) is 19.2 Å². The van der Waals surface area contributed by atoms with Gasteiger partial charge in [0.05, 0.1) is 0 Å². The second-order valence-electron chi connectivity index (χ2n) is 6.63. The minimum Gasteiger partial charge on any atom is -0.358 e. The maximum atomic E-state index is 12.7. The van der Waals surface area contributed by atoms with Crippen LogP contribution in [0.4, 0.5) is 13.2 Å². The first kappa shape index (κ1) is 20.2. The molecule has 2 rings (SSSR count). The lowest BCUT2D eigenvalue weighted by Gasteiger charge is -2.42. The first-order valence-corrected chi connectivity index (χ1v) is 8.41. The molecule has 0 saturated carbocycles. The van der Waals surface area contributed by atoms with E-state index in [0.29, 0.717) is 13.1 Å². The van der Waals surface area contributed by atoms with Gasteiger partial charge in [-0.15, -0.1) is 0 Å². The van der Waals surface area contributed by atoms with Crippen molar-refractivity contribution in [3.8, 4) is 0 Å². The number of amides is 2. The van der Waals surface area contributed by atoms with E-state index in [-0.39, 0.29) is 36.6 Å².